The first-order valence-corrected chi connectivity index (χ1v) is 11.8. The summed E-state index contributed by atoms with van der Waals surface area (Å²) in [5.74, 6) is 0.725. The molecule has 4 heterocycles. The number of aromatic nitrogens is 2. The van der Waals surface area contributed by atoms with E-state index in [1.807, 2.05) is 44.3 Å². The first-order chi connectivity index (χ1) is 16.3. The van der Waals surface area contributed by atoms with E-state index in [0.29, 0.717) is 30.9 Å². The van der Waals surface area contributed by atoms with Gasteiger partial charge in [0.2, 0.25) is 0 Å². The molecular formula is C26H33N5O3. The van der Waals surface area contributed by atoms with E-state index in [9.17, 15) is 9.59 Å². The van der Waals surface area contributed by atoms with Crippen molar-refractivity contribution in [1.82, 2.24) is 20.2 Å². The van der Waals surface area contributed by atoms with Crippen molar-refractivity contribution < 1.29 is 9.53 Å². The summed E-state index contributed by atoms with van der Waals surface area (Å²) < 4.78 is 5.47. The molecule has 34 heavy (non-hydrogen) atoms. The third kappa shape index (κ3) is 5.22. The Balaban J connectivity index is 1.56. The van der Waals surface area contributed by atoms with Crippen molar-refractivity contribution in [2.75, 3.05) is 37.7 Å². The van der Waals surface area contributed by atoms with Crippen LogP contribution in [-0.4, -0.2) is 59.7 Å². The molecule has 8 nitrogen and oxygen atoms in total. The third-order valence-corrected chi connectivity index (χ3v) is 6.29. The second-order valence-electron chi connectivity index (χ2n) is 9.06. The molecule has 0 radical (unpaired) electrons. The van der Waals surface area contributed by atoms with Crippen molar-refractivity contribution in [2.45, 2.75) is 40.3 Å². The average molecular weight is 464 g/mol. The van der Waals surface area contributed by atoms with Crippen molar-refractivity contribution in [2.24, 2.45) is 0 Å². The van der Waals surface area contributed by atoms with E-state index < -0.39 is 0 Å². The Bertz CT molecular complexity index is 1180. The number of carbonyl (C=O) groups excluding carboxylic acids is 1. The Morgan fingerprint density at radius 1 is 1.24 bits per heavy atom. The smallest absolute Gasteiger partial charge is 0.253 e. The number of H-pyrrole nitrogens is 1. The molecule has 1 saturated heterocycles. The fraction of sp³-hybridized carbons (Fsp3) is 0.423. The first-order valence-electron chi connectivity index (χ1n) is 11.8. The Morgan fingerprint density at radius 3 is 2.71 bits per heavy atom. The maximum atomic E-state index is 13.0. The van der Waals surface area contributed by atoms with Crippen LogP contribution in [0.3, 0.4) is 0 Å². The summed E-state index contributed by atoms with van der Waals surface area (Å²) in [5.41, 5.74) is 4.70. The number of hydrogen-bond acceptors (Lipinski definition) is 6. The molecule has 0 aliphatic carbocycles. The lowest BCUT2D eigenvalue weighted by Gasteiger charge is -2.34. The molecule has 1 fully saturated rings. The lowest BCUT2D eigenvalue weighted by atomic mass is 10.0. The highest BCUT2D eigenvalue weighted by molar-refractivity contribution is 5.98. The normalized spacial score (nSPS) is 16.4. The van der Waals surface area contributed by atoms with Gasteiger partial charge in [0, 0.05) is 66.5 Å². The summed E-state index contributed by atoms with van der Waals surface area (Å²) in [5, 5.41) is 2.92. The molecular weight excluding hydrogens is 430 g/mol. The molecule has 0 saturated carbocycles. The molecule has 2 aromatic heterocycles. The predicted octanol–water partition coefficient (Wildman–Crippen LogP) is 2.53. The van der Waals surface area contributed by atoms with Gasteiger partial charge in [0.05, 0.1) is 13.2 Å². The molecule has 2 aliphatic heterocycles. The van der Waals surface area contributed by atoms with E-state index in [-0.39, 0.29) is 24.1 Å². The average Bonchev–Trinajstić information content (AvgIpc) is 2.83. The number of carbonyl (C=O) groups is 1. The number of pyridine rings is 2. The molecule has 0 bridgehead atoms. The number of ether oxygens (including phenoxy) is 1. The Kier molecular flexibility index (Phi) is 7.17. The molecule has 8 heteroatoms. The van der Waals surface area contributed by atoms with E-state index in [0.717, 1.165) is 41.4 Å². The number of nitrogens with one attached hydrogen (secondary N) is 2. The van der Waals surface area contributed by atoms with Crippen molar-refractivity contribution in [3.8, 4) is 0 Å². The van der Waals surface area contributed by atoms with Crippen LogP contribution in [0, 0.1) is 13.8 Å². The van der Waals surface area contributed by atoms with Crippen LogP contribution in [0.1, 0.15) is 36.2 Å². The number of hydrogen-bond donors (Lipinski definition) is 2. The maximum absolute atomic E-state index is 13.0. The standard InChI is InChI=1S/C26H33N5O3/c1-17(2)31-8-6-21(25(32)28-16-22-18(3)13-19(4)29-26(22)33)14-23(31)20-5-7-27-24(15-20)30-9-11-34-12-10-30/h5-7,13-15,17H,8-12,16H2,1-4H3,(H,28,32)(H,29,33). The minimum Gasteiger partial charge on any atom is -0.378 e. The van der Waals surface area contributed by atoms with Crippen LogP contribution in [0.4, 0.5) is 5.82 Å². The Hall–Kier alpha value is -3.39. The zero-order valence-electron chi connectivity index (χ0n) is 20.4. The summed E-state index contributed by atoms with van der Waals surface area (Å²) >= 11 is 0. The number of aryl methyl sites for hydroxylation is 2. The summed E-state index contributed by atoms with van der Waals surface area (Å²) in [6, 6.07) is 6.25. The van der Waals surface area contributed by atoms with Crippen LogP contribution in [0.25, 0.3) is 5.70 Å². The van der Waals surface area contributed by atoms with Crippen molar-refractivity contribution >= 4 is 17.4 Å². The van der Waals surface area contributed by atoms with Crippen molar-refractivity contribution in [3.63, 3.8) is 0 Å². The molecule has 2 N–H and O–H groups in total. The van der Waals surface area contributed by atoms with Crippen molar-refractivity contribution in [3.05, 3.63) is 74.9 Å². The van der Waals surface area contributed by atoms with E-state index in [1.54, 1.807) is 0 Å². The summed E-state index contributed by atoms with van der Waals surface area (Å²) in [7, 11) is 0. The minimum atomic E-state index is -0.192. The quantitative estimate of drug-likeness (QED) is 0.684. The second-order valence-corrected chi connectivity index (χ2v) is 9.06. The van der Waals surface area contributed by atoms with Crippen LogP contribution in [-0.2, 0) is 16.1 Å². The van der Waals surface area contributed by atoms with Gasteiger partial charge in [-0.15, -0.1) is 0 Å². The van der Waals surface area contributed by atoms with Crippen LogP contribution in [0.15, 0.2) is 46.9 Å². The zero-order chi connectivity index (χ0) is 24.2. The predicted molar refractivity (Wildman–Crippen MR) is 134 cm³/mol. The zero-order valence-corrected chi connectivity index (χ0v) is 20.4. The first kappa shape index (κ1) is 23.8. The Labute approximate surface area is 200 Å². The highest BCUT2D eigenvalue weighted by Gasteiger charge is 2.23. The number of nitrogens with zero attached hydrogens (tertiary/aromatic N) is 3. The van der Waals surface area contributed by atoms with Gasteiger partial charge in [0.1, 0.15) is 5.82 Å². The van der Waals surface area contributed by atoms with Gasteiger partial charge in [0.25, 0.3) is 11.5 Å². The number of anilines is 1. The van der Waals surface area contributed by atoms with Crippen LogP contribution >= 0.6 is 0 Å². The number of morpholine rings is 1. The molecule has 0 spiro atoms. The van der Waals surface area contributed by atoms with Gasteiger partial charge in [-0.1, -0.05) is 6.08 Å². The topological polar surface area (TPSA) is 90.6 Å². The minimum absolute atomic E-state index is 0.162. The van der Waals surface area contributed by atoms with E-state index in [2.05, 4.69) is 45.0 Å². The van der Waals surface area contributed by atoms with Gasteiger partial charge in [-0.05, 0) is 57.5 Å². The molecule has 1 amide bonds. The molecule has 0 atom stereocenters. The molecule has 2 aliphatic rings. The van der Waals surface area contributed by atoms with Gasteiger partial charge in [-0.25, -0.2) is 4.98 Å². The highest BCUT2D eigenvalue weighted by Crippen LogP contribution is 2.29. The Morgan fingerprint density at radius 2 is 2.00 bits per heavy atom. The van der Waals surface area contributed by atoms with Crippen LogP contribution < -0.4 is 15.8 Å². The monoisotopic (exact) mass is 463 g/mol. The largest absolute Gasteiger partial charge is 0.378 e. The maximum Gasteiger partial charge on any atom is 0.253 e. The summed E-state index contributed by atoms with van der Waals surface area (Å²) in [6.07, 6.45) is 5.70. The SMILES string of the molecule is Cc1cc(C)c(CNC(=O)C2=CCN(C(C)C)C(c3ccnc(N4CCOCC4)c3)=C2)c(=O)[nH]1. The molecule has 0 unspecified atom stereocenters. The number of aromatic amines is 1. The van der Waals surface area contributed by atoms with Gasteiger partial charge in [0.15, 0.2) is 0 Å². The lowest BCUT2D eigenvalue weighted by molar-refractivity contribution is -0.117. The van der Waals surface area contributed by atoms with Crippen LogP contribution in [0.5, 0.6) is 0 Å². The van der Waals surface area contributed by atoms with E-state index in [1.165, 1.54) is 0 Å². The number of amides is 1. The molecule has 2 aromatic rings. The fourth-order valence-corrected chi connectivity index (χ4v) is 4.40. The van der Waals surface area contributed by atoms with Gasteiger partial charge >= 0.3 is 0 Å². The number of rotatable bonds is 6. The molecule has 180 valence electrons. The van der Waals surface area contributed by atoms with Gasteiger partial charge in [-0.3, -0.25) is 9.59 Å². The van der Waals surface area contributed by atoms with Crippen molar-refractivity contribution in [1.29, 1.82) is 0 Å². The lowest BCUT2D eigenvalue weighted by Crippen LogP contribution is -2.37. The summed E-state index contributed by atoms with van der Waals surface area (Å²) in [4.78, 5) is 37.2. The van der Waals surface area contributed by atoms with E-state index >= 15 is 0 Å². The van der Waals surface area contributed by atoms with E-state index in [4.69, 9.17) is 4.74 Å². The fourth-order valence-electron chi connectivity index (χ4n) is 4.40. The molecule has 4 rings (SSSR count). The molecule has 0 aromatic carbocycles. The van der Waals surface area contributed by atoms with Gasteiger partial charge < -0.3 is 24.8 Å². The van der Waals surface area contributed by atoms with Crippen LogP contribution in [0.2, 0.25) is 0 Å². The summed E-state index contributed by atoms with van der Waals surface area (Å²) in [6.45, 7) is 11.9. The third-order valence-electron chi connectivity index (χ3n) is 6.29. The van der Waals surface area contributed by atoms with Gasteiger partial charge in [-0.2, -0.15) is 0 Å². The highest BCUT2D eigenvalue weighted by atomic mass is 16.5. The second kappa shape index (κ2) is 10.3.